The van der Waals surface area contributed by atoms with Crippen LogP contribution in [0.15, 0.2) is 87.7 Å². The van der Waals surface area contributed by atoms with Crippen LogP contribution in [0.2, 0.25) is 0 Å². The molecule has 4 aromatic rings. The summed E-state index contributed by atoms with van der Waals surface area (Å²) in [7, 11) is 1.89. The number of anilines is 1. The largest absolute Gasteiger partial charge is 0.459 e. The molecule has 0 bridgehead atoms. The van der Waals surface area contributed by atoms with Gasteiger partial charge in [0.2, 0.25) is 0 Å². The number of carbonyl (C=O) groups is 1. The highest BCUT2D eigenvalue weighted by molar-refractivity contribution is 7.99. The van der Waals surface area contributed by atoms with E-state index in [1.54, 1.807) is 12.4 Å². The summed E-state index contributed by atoms with van der Waals surface area (Å²) < 4.78 is 7.28. The lowest BCUT2D eigenvalue weighted by Gasteiger charge is -2.07. The number of carbonyl (C=O) groups excluding carboxylic acids is 1. The third-order valence-corrected chi connectivity index (χ3v) is 5.01. The predicted molar refractivity (Wildman–Crippen MR) is 104 cm³/mol. The molecule has 134 valence electrons. The van der Waals surface area contributed by atoms with Crippen molar-refractivity contribution in [1.82, 2.24) is 14.8 Å². The monoisotopic (exact) mass is 376 g/mol. The Kier molecular flexibility index (Phi) is 4.76. The van der Waals surface area contributed by atoms with Crippen molar-refractivity contribution in [2.45, 2.75) is 10.1 Å². The van der Waals surface area contributed by atoms with Gasteiger partial charge in [0.25, 0.3) is 5.91 Å². The van der Waals surface area contributed by atoms with Crippen molar-refractivity contribution in [3.63, 3.8) is 0 Å². The van der Waals surface area contributed by atoms with E-state index in [1.165, 1.54) is 18.0 Å². The molecular weight excluding hydrogens is 360 g/mol. The first-order chi connectivity index (χ1) is 13.2. The van der Waals surface area contributed by atoms with Gasteiger partial charge in [-0.1, -0.05) is 30.3 Å². The fourth-order valence-electron chi connectivity index (χ4n) is 2.59. The van der Waals surface area contributed by atoms with Crippen LogP contribution >= 0.6 is 11.8 Å². The molecule has 2 aromatic heterocycles. The third kappa shape index (κ3) is 3.78. The second-order valence-electron chi connectivity index (χ2n) is 5.83. The van der Waals surface area contributed by atoms with Gasteiger partial charge in [-0.2, -0.15) is 0 Å². The van der Waals surface area contributed by atoms with Crippen molar-refractivity contribution >= 4 is 23.4 Å². The zero-order chi connectivity index (χ0) is 18.6. The summed E-state index contributed by atoms with van der Waals surface area (Å²) in [4.78, 5) is 13.6. The maximum atomic E-state index is 12.6. The molecule has 6 nitrogen and oxygen atoms in total. The van der Waals surface area contributed by atoms with Crippen molar-refractivity contribution in [3.8, 4) is 11.1 Å². The van der Waals surface area contributed by atoms with Crippen LogP contribution in [0.4, 0.5) is 5.69 Å². The number of benzene rings is 2. The maximum absolute atomic E-state index is 12.6. The number of rotatable bonds is 5. The van der Waals surface area contributed by atoms with E-state index in [0.717, 1.165) is 21.2 Å². The summed E-state index contributed by atoms with van der Waals surface area (Å²) in [6, 6.07) is 19.0. The molecule has 2 aromatic carbocycles. The normalized spacial score (nSPS) is 10.7. The second-order valence-corrected chi connectivity index (χ2v) is 6.88. The molecule has 0 atom stereocenters. The molecule has 27 heavy (non-hydrogen) atoms. The zero-order valence-corrected chi connectivity index (χ0v) is 15.3. The second kappa shape index (κ2) is 7.51. The van der Waals surface area contributed by atoms with E-state index in [4.69, 9.17) is 4.42 Å². The van der Waals surface area contributed by atoms with Gasteiger partial charge < -0.3 is 14.3 Å². The quantitative estimate of drug-likeness (QED) is 0.556. The summed E-state index contributed by atoms with van der Waals surface area (Å²) in [6.45, 7) is 0. The molecule has 0 saturated heterocycles. The lowest BCUT2D eigenvalue weighted by Crippen LogP contribution is -2.11. The molecule has 0 aliphatic heterocycles. The van der Waals surface area contributed by atoms with Gasteiger partial charge in [0, 0.05) is 23.2 Å². The number of aromatic nitrogens is 3. The summed E-state index contributed by atoms with van der Waals surface area (Å²) in [6.07, 6.45) is 3.18. The fraction of sp³-hybridized carbons (Fsp3) is 0.0500. The fourth-order valence-corrected chi connectivity index (χ4v) is 3.36. The Morgan fingerprint density at radius 1 is 1.07 bits per heavy atom. The molecule has 0 aliphatic carbocycles. The number of amides is 1. The van der Waals surface area contributed by atoms with Crippen LogP contribution < -0.4 is 5.32 Å². The number of nitrogens with zero attached hydrogens (tertiary/aromatic N) is 3. The van der Waals surface area contributed by atoms with Crippen LogP contribution in [-0.2, 0) is 7.05 Å². The Morgan fingerprint density at radius 3 is 2.56 bits per heavy atom. The molecule has 0 spiro atoms. The van der Waals surface area contributed by atoms with Crippen LogP contribution in [0.25, 0.3) is 11.1 Å². The Bertz CT molecular complexity index is 1060. The van der Waals surface area contributed by atoms with Crippen molar-refractivity contribution in [2.24, 2.45) is 7.05 Å². The zero-order valence-electron chi connectivity index (χ0n) is 14.5. The van der Waals surface area contributed by atoms with Crippen LogP contribution in [-0.4, -0.2) is 20.7 Å². The van der Waals surface area contributed by atoms with Gasteiger partial charge in [-0.15, -0.1) is 10.2 Å². The first-order valence-corrected chi connectivity index (χ1v) is 9.08. The van der Waals surface area contributed by atoms with Gasteiger partial charge in [0.1, 0.15) is 6.33 Å². The van der Waals surface area contributed by atoms with Gasteiger partial charge >= 0.3 is 0 Å². The van der Waals surface area contributed by atoms with Crippen molar-refractivity contribution < 1.29 is 9.21 Å². The Morgan fingerprint density at radius 2 is 1.85 bits per heavy atom. The predicted octanol–water partition coefficient (Wildman–Crippen LogP) is 4.48. The lowest BCUT2D eigenvalue weighted by molar-refractivity contribution is 0.0997. The van der Waals surface area contributed by atoms with E-state index >= 15 is 0 Å². The molecule has 4 rings (SSSR count). The van der Waals surface area contributed by atoms with E-state index in [0.29, 0.717) is 11.4 Å². The minimum Gasteiger partial charge on any atom is -0.459 e. The van der Waals surface area contributed by atoms with E-state index in [-0.39, 0.29) is 5.91 Å². The van der Waals surface area contributed by atoms with Gasteiger partial charge in [-0.3, -0.25) is 4.79 Å². The number of furan rings is 1. The summed E-state index contributed by atoms with van der Waals surface area (Å²) in [5.74, 6) is 0.00583. The van der Waals surface area contributed by atoms with Crippen molar-refractivity contribution in [2.75, 3.05) is 5.32 Å². The Hall–Kier alpha value is -3.32. The van der Waals surface area contributed by atoms with Crippen LogP contribution in [0.5, 0.6) is 0 Å². The molecule has 0 radical (unpaired) electrons. The van der Waals surface area contributed by atoms with Crippen LogP contribution in [0.3, 0.4) is 0 Å². The molecular formula is C20H16N4O2S. The molecule has 1 N–H and O–H groups in total. The highest BCUT2D eigenvalue weighted by atomic mass is 32.2. The first kappa shape index (κ1) is 17.1. The average molecular weight is 376 g/mol. The number of hydrogen-bond acceptors (Lipinski definition) is 5. The number of aryl methyl sites for hydroxylation is 1. The van der Waals surface area contributed by atoms with Gasteiger partial charge in [0.15, 0.2) is 10.9 Å². The smallest absolute Gasteiger partial charge is 0.292 e. The van der Waals surface area contributed by atoms with Gasteiger partial charge in [0.05, 0.1) is 6.26 Å². The van der Waals surface area contributed by atoms with E-state index in [1.807, 2.05) is 66.2 Å². The first-order valence-electron chi connectivity index (χ1n) is 8.27. The van der Waals surface area contributed by atoms with E-state index in [2.05, 4.69) is 15.5 Å². The van der Waals surface area contributed by atoms with E-state index in [9.17, 15) is 4.79 Å². The summed E-state index contributed by atoms with van der Waals surface area (Å²) in [5, 5.41) is 11.6. The highest BCUT2D eigenvalue weighted by Crippen LogP contribution is 2.28. The van der Waals surface area contributed by atoms with Crippen LogP contribution in [0, 0.1) is 0 Å². The molecule has 0 fully saturated rings. The van der Waals surface area contributed by atoms with E-state index < -0.39 is 0 Å². The highest BCUT2D eigenvalue weighted by Gasteiger charge is 2.17. The molecule has 2 heterocycles. The van der Waals surface area contributed by atoms with Crippen LogP contribution in [0.1, 0.15) is 10.6 Å². The molecule has 1 amide bonds. The molecule has 7 heteroatoms. The number of hydrogen-bond donors (Lipinski definition) is 1. The standard InChI is InChI=1S/C20H16N4O2S/c1-24-13-21-23-20(24)27-16-9-7-15(8-10-16)22-19(25)18-17(11-12-26-18)14-5-3-2-4-6-14/h2-13H,1H3,(H,22,25). The summed E-state index contributed by atoms with van der Waals surface area (Å²) in [5.41, 5.74) is 2.40. The Balaban J connectivity index is 1.48. The van der Waals surface area contributed by atoms with Gasteiger partial charge in [-0.25, -0.2) is 0 Å². The third-order valence-electron chi connectivity index (χ3n) is 3.95. The molecule has 0 aliphatic rings. The van der Waals surface area contributed by atoms with Gasteiger partial charge in [-0.05, 0) is 47.7 Å². The SMILES string of the molecule is Cn1cnnc1Sc1ccc(NC(=O)c2occc2-c2ccccc2)cc1. The minimum atomic E-state index is -0.285. The minimum absolute atomic E-state index is 0.285. The molecule has 0 saturated carbocycles. The maximum Gasteiger partial charge on any atom is 0.292 e. The van der Waals surface area contributed by atoms with Crippen molar-refractivity contribution in [3.05, 3.63) is 79.0 Å². The topological polar surface area (TPSA) is 73.0 Å². The summed E-state index contributed by atoms with van der Waals surface area (Å²) >= 11 is 1.50. The van der Waals surface area contributed by atoms with Crippen molar-refractivity contribution in [1.29, 1.82) is 0 Å². The number of nitrogens with one attached hydrogen (secondary N) is 1. The Labute approximate surface area is 160 Å². The average Bonchev–Trinajstić information content (AvgIpc) is 3.34. The lowest BCUT2D eigenvalue weighted by atomic mass is 10.1. The molecule has 0 unspecified atom stereocenters.